The molecule has 3 aliphatic rings. The third kappa shape index (κ3) is 11.3. The van der Waals surface area contributed by atoms with Crippen molar-refractivity contribution < 1.29 is 33.5 Å². The van der Waals surface area contributed by atoms with Crippen LogP contribution in [0.15, 0.2) is 71.3 Å². The summed E-state index contributed by atoms with van der Waals surface area (Å²) in [7, 11) is 3.28. The van der Waals surface area contributed by atoms with Gasteiger partial charge in [-0.1, -0.05) is 60.3 Å². The zero-order valence-corrected chi connectivity index (χ0v) is 39.2. The van der Waals surface area contributed by atoms with Crippen molar-refractivity contribution in [2.24, 2.45) is 0 Å². The van der Waals surface area contributed by atoms with Crippen molar-refractivity contribution in [3.63, 3.8) is 0 Å². The minimum Gasteiger partial charge on any atom is -0.495 e. The van der Waals surface area contributed by atoms with Crippen LogP contribution in [-0.4, -0.2) is 96.2 Å². The van der Waals surface area contributed by atoms with Crippen LogP contribution in [0.5, 0.6) is 5.75 Å². The molecule has 3 aromatic carbocycles. The minimum atomic E-state index is -0.707. The first-order valence-electron chi connectivity index (χ1n) is 22.6. The third-order valence-corrected chi connectivity index (χ3v) is 12.7. The van der Waals surface area contributed by atoms with Crippen molar-refractivity contribution in [1.29, 1.82) is 0 Å². The first-order chi connectivity index (χ1) is 31.9. The molecule has 0 aliphatic carbocycles. The molecule has 4 heterocycles. The number of nitrogens with one attached hydrogen (secondary N) is 5. The number of imide groups is 1. The number of nitrogens with zero attached hydrogens (tertiary/aromatic N) is 5. The van der Waals surface area contributed by atoms with Crippen molar-refractivity contribution in [3.05, 3.63) is 93.6 Å². The van der Waals surface area contributed by atoms with Gasteiger partial charge in [-0.2, -0.15) is 4.98 Å². The molecule has 7 rings (SSSR count). The average molecular weight is 966 g/mol. The zero-order valence-electron chi connectivity index (χ0n) is 37.6. The highest BCUT2D eigenvalue weighted by atomic mass is 79.9. The van der Waals surface area contributed by atoms with E-state index in [4.69, 9.17) is 9.72 Å². The summed E-state index contributed by atoms with van der Waals surface area (Å²) in [4.78, 5) is 90.8. The number of hydrogen-bond acceptors (Lipinski definition) is 12. The number of likely N-dealkylation sites (N-methyl/N-ethyl adjacent to an activating group) is 1. The van der Waals surface area contributed by atoms with Crippen LogP contribution in [0.4, 0.5) is 28.8 Å². The predicted molar refractivity (Wildman–Crippen MR) is 255 cm³/mol. The summed E-state index contributed by atoms with van der Waals surface area (Å²) in [6.07, 6.45) is 8.56. The number of hydrogen-bond donors (Lipinski definition) is 5. The molecule has 2 atom stereocenters. The maximum absolute atomic E-state index is 13.3. The van der Waals surface area contributed by atoms with E-state index in [-0.39, 0.29) is 55.0 Å². The Hall–Kier alpha value is -6.40. The number of piperidine rings is 1. The third-order valence-electron chi connectivity index (χ3n) is 12.2. The summed E-state index contributed by atoms with van der Waals surface area (Å²) in [5.74, 6) is 0.00940. The topological polar surface area (TPSA) is 207 Å². The quantitative estimate of drug-likeness (QED) is 0.0468. The van der Waals surface area contributed by atoms with E-state index in [1.54, 1.807) is 54.5 Å². The van der Waals surface area contributed by atoms with Crippen LogP contribution in [0.2, 0.25) is 0 Å². The Morgan fingerprint density at radius 2 is 1.70 bits per heavy atom. The molecule has 6 amide bonds. The molecule has 3 aliphatic heterocycles. The predicted octanol–water partition coefficient (Wildman–Crippen LogP) is 6.20. The van der Waals surface area contributed by atoms with Gasteiger partial charge < -0.3 is 40.7 Å². The van der Waals surface area contributed by atoms with Gasteiger partial charge in [0, 0.05) is 66.4 Å². The summed E-state index contributed by atoms with van der Waals surface area (Å²) >= 11 is 3.50. The van der Waals surface area contributed by atoms with E-state index >= 15 is 0 Å². The second-order valence-electron chi connectivity index (χ2n) is 16.7. The van der Waals surface area contributed by atoms with Crippen LogP contribution in [0.1, 0.15) is 103 Å². The van der Waals surface area contributed by atoms with Crippen molar-refractivity contribution in [2.45, 2.75) is 96.3 Å². The van der Waals surface area contributed by atoms with E-state index in [9.17, 15) is 28.8 Å². The number of aromatic nitrogens is 2. The number of amides is 6. The van der Waals surface area contributed by atoms with Gasteiger partial charge in [-0.15, -0.1) is 0 Å². The van der Waals surface area contributed by atoms with Gasteiger partial charge in [-0.3, -0.25) is 34.1 Å². The van der Waals surface area contributed by atoms with Crippen molar-refractivity contribution >= 4 is 80.2 Å². The highest BCUT2D eigenvalue weighted by molar-refractivity contribution is 9.10. The number of benzene rings is 3. The number of fused-ring (bicyclic) bond motifs is 2. The first-order valence-corrected chi connectivity index (χ1v) is 23.4. The Kier molecular flexibility index (Phi) is 16.0. The highest BCUT2D eigenvalue weighted by Crippen LogP contribution is 2.38. The Balaban J connectivity index is 0.781. The molecule has 1 saturated heterocycles. The Morgan fingerprint density at radius 1 is 0.924 bits per heavy atom. The van der Waals surface area contributed by atoms with E-state index in [1.165, 1.54) is 12.0 Å². The maximum atomic E-state index is 13.3. The lowest BCUT2D eigenvalue weighted by atomic mass is 10.0. The van der Waals surface area contributed by atoms with Crippen LogP contribution >= 0.6 is 15.9 Å². The fraction of sp³-hybridized carbons (Fsp3) is 0.417. The smallest absolute Gasteiger partial charge is 0.255 e. The van der Waals surface area contributed by atoms with Gasteiger partial charge in [0.2, 0.25) is 29.6 Å². The van der Waals surface area contributed by atoms with Crippen LogP contribution in [0.25, 0.3) is 0 Å². The van der Waals surface area contributed by atoms with Crippen molar-refractivity contribution in [2.75, 3.05) is 54.2 Å². The van der Waals surface area contributed by atoms with E-state index in [1.807, 2.05) is 36.1 Å². The Labute approximate surface area is 392 Å². The second-order valence-corrected chi connectivity index (χ2v) is 17.6. The second kappa shape index (κ2) is 22.2. The molecule has 66 heavy (non-hydrogen) atoms. The average Bonchev–Trinajstić information content (AvgIpc) is 3.65. The van der Waals surface area contributed by atoms with E-state index in [0.717, 1.165) is 61.7 Å². The fourth-order valence-corrected chi connectivity index (χ4v) is 8.81. The summed E-state index contributed by atoms with van der Waals surface area (Å²) < 4.78 is 6.64. The van der Waals surface area contributed by atoms with Crippen LogP contribution in [0, 0.1) is 0 Å². The number of halogens is 1. The molecule has 0 bridgehead atoms. The van der Waals surface area contributed by atoms with Gasteiger partial charge in [-0.05, 0) is 93.2 Å². The molecule has 1 fully saturated rings. The van der Waals surface area contributed by atoms with Crippen molar-refractivity contribution in [3.8, 4) is 5.75 Å². The standard InChI is InChI=1S/C48H57BrN10O7/c1-4-37-47(65)57(2)39-27-52-48(56-43(39)58(37)28-30-15-18-32(49)19-16-30)54-36-20-17-31(26-40(36)66-3)44(62)51-25-11-24-50-23-9-7-5-6-8-14-41(60)53-35-13-10-12-33-34(35)29-59(46(33)64)38-21-22-42(61)55-45(38)63/h10,12-13,15-20,26-27,37-38,50H,4-9,11,14,21-25,28-29H2,1-3H3,(H,51,62)(H,53,60)(H,52,54,56)(H,55,61,63)/t37-,38?/m1/s1. The number of carbonyl (C=O) groups excluding carboxylic acids is 6. The molecule has 0 radical (unpaired) electrons. The Morgan fingerprint density at radius 3 is 2.47 bits per heavy atom. The van der Waals surface area contributed by atoms with Gasteiger partial charge >= 0.3 is 0 Å². The number of rotatable bonds is 21. The molecular formula is C48H57BrN10O7. The number of unbranched alkanes of at least 4 members (excludes halogenated alkanes) is 4. The van der Waals surface area contributed by atoms with Crippen LogP contribution < -0.4 is 41.1 Å². The monoisotopic (exact) mass is 964 g/mol. The lowest BCUT2D eigenvalue weighted by Crippen LogP contribution is -2.52. The maximum Gasteiger partial charge on any atom is 0.255 e. The van der Waals surface area contributed by atoms with Gasteiger partial charge in [0.05, 0.1) is 19.0 Å². The van der Waals surface area contributed by atoms with Gasteiger partial charge in [0.1, 0.15) is 23.5 Å². The lowest BCUT2D eigenvalue weighted by molar-refractivity contribution is -0.137. The van der Waals surface area contributed by atoms with Crippen LogP contribution in [0.3, 0.4) is 0 Å². The van der Waals surface area contributed by atoms with E-state index in [0.29, 0.717) is 77.2 Å². The van der Waals surface area contributed by atoms with Gasteiger partial charge in [-0.25, -0.2) is 4.98 Å². The number of ether oxygens (including phenoxy) is 1. The normalized spacial score (nSPS) is 16.8. The molecule has 1 aromatic heterocycles. The largest absolute Gasteiger partial charge is 0.495 e. The summed E-state index contributed by atoms with van der Waals surface area (Å²) in [6, 6.07) is 17.3. The number of anilines is 5. The molecule has 4 aromatic rings. The molecule has 18 heteroatoms. The van der Waals surface area contributed by atoms with E-state index in [2.05, 4.69) is 47.5 Å². The molecule has 17 nitrogen and oxygen atoms in total. The number of methoxy groups -OCH3 is 1. The molecular weight excluding hydrogens is 908 g/mol. The van der Waals surface area contributed by atoms with Gasteiger partial charge in [0.15, 0.2) is 5.82 Å². The SMILES string of the molecule is CC[C@@H]1C(=O)N(C)c2cnc(Nc3ccc(C(=O)NCCCNCCCCCCCC(=O)Nc4cccc5c4CN(C4CCC(=O)NC4=O)C5=O)cc3OC)nc2N1Cc1ccc(Br)cc1. The molecule has 0 saturated carbocycles. The first kappa shape index (κ1) is 47.6. The van der Waals surface area contributed by atoms with E-state index < -0.39 is 11.9 Å². The summed E-state index contributed by atoms with van der Waals surface area (Å²) in [6.45, 7) is 4.82. The minimum absolute atomic E-state index is 0.0143. The van der Waals surface area contributed by atoms with Crippen LogP contribution in [-0.2, 0) is 32.3 Å². The summed E-state index contributed by atoms with van der Waals surface area (Å²) in [5, 5.41) is 14.9. The van der Waals surface area contributed by atoms with Gasteiger partial charge in [0.25, 0.3) is 11.8 Å². The molecule has 5 N–H and O–H groups in total. The molecule has 1 unspecified atom stereocenters. The molecule has 348 valence electrons. The van der Waals surface area contributed by atoms with Crippen molar-refractivity contribution in [1.82, 2.24) is 30.8 Å². The summed E-state index contributed by atoms with van der Waals surface area (Å²) in [5.41, 5.74) is 4.44. The highest BCUT2D eigenvalue weighted by Gasteiger charge is 2.40. The Bertz CT molecular complexity index is 2450. The lowest BCUT2D eigenvalue weighted by Gasteiger charge is -2.40. The zero-order chi connectivity index (χ0) is 46.7. The number of carbonyl (C=O) groups is 6. The molecule has 0 spiro atoms. The fourth-order valence-electron chi connectivity index (χ4n) is 8.54.